The second kappa shape index (κ2) is 4.86. The number of rotatable bonds is 4. The number of piperidine rings is 3. The fourth-order valence-electron chi connectivity index (χ4n) is 3.60. The Kier molecular flexibility index (Phi) is 3.69. The summed E-state index contributed by atoms with van der Waals surface area (Å²) < 4.78 is 5.19. The minimum absolute atomic E-state index is 0.00347. The number of ether oxygens (including phenoxy) is 1. The van der Waals surface area contributed by atoms with E-state index < -0.39 is 11.0 Å². The molecule has 0 saturated carbocycles. The van der Waals surface area contributed by atoms with Crippen LogP contribution < -0.4 is 0 Å². The summed E-state index contributed by atoms with van der Waals surface area (Å²) in [6.07, 6.45) is 1.53. The van der Waals surface area contributed by atoms with Crippen LogP contribution >= 0.6 is 0 Å². The standard InChI is InChI=1S/C14H22N2O3/c1-13(2,7-15)11-6-10-4-5-16(11)14(8-17,9-19-3)12(10)18/h10-11,17H,4-6,8-9H2,1-3H3. The van der Waals surface area contributed by atoms with E-state index in [1.165, 1.54) is 0 Å². The maximum Gasteiger partial charge on any atom is 0.161 e. The fourth-order valence-corrected chi connectivity index (χ4v) is 3.60. The van der Waals surface area contributed by atoms with Crippen molar-refractivity contribution < 1.29 is 14.6 Å². The van der Waals surface area contributed by atoms with Crippen molar-refractivity contribution in [3.8, 4) is 6.07 Å². The van der Waals surface area contributed by atoms with Crippen LogP contribution in [0.1, 0.15) is 26.7 Å². The van der Waals surface area contributed by atoms with Crippen molar-refractivity contribution in [1.29, 1.82) is 5.26 Å². The number of carbonyl (C=O) groups excluding carboxylic acids is 1. The first-order chi connectivity index (χ1) is 8.93. The van der Waals surface area contributed by atoms with Crippen molar-refractivity contribution in [3.63, 3.8) is 0 Å². The van der Waals surface area contributed by atoms with Gasteiger partial charge in [0.05, 0.1) is 24.7 Å². The molecule has 0 radical (unpaired) electrons. The van der Waals surface area contributed by atoms with Gasteiger partial charge in [0.15, 0.2) is 5.78 Å². The van der Waals surface area contributed by atoms with Gasteiger partial charge in [-0.25, -0.2) is 0 Å². The lowest BCUT2D eigenvalue weighted by Gasteiger charge is -2.58. The van der Waals surface area contributed by atoms with Crippen molar-refractivity contribution in [2.24, 2.45) is 11.3 Å². The lowest BCUT2D eigenvalue weighted by atomic mass is 9.65. The summed E-state index contributed by atoms with van der Waals surface area (Å²) in [5.74, 6) is 0.0259. The summed E-state index contributed by atoms with van der Waals surface area (Å²) in [5, 5.41) is 19.2. The summed E-state index contributed by atoms with van der Waals surface area (Å²) >= 11 is 0. The quantitative estimate of drug-likeness (QED) is 0.805. The van der Waals surface area contributed by atoms with Crippen LogP contribution in [0.2, 0.25) is 0 Å². The summed E-state index contributed by atoms with van der Waals surface area (Å²) in [6, 6.07) is 2.34. The second-order valence-electron chi connectivity index (χ2n) is 6.25. The Labute approximate surface area is 114 Å². The van der Waals surface area contributed by atoms with E-state index in [2.05, 4.69) is 6.07 Å². The van der Waals surface area contributed by atoms with Crippen molar-refractivity contribution in [2.75, 3.05) is 26.9 Å². The van der Waals surface area contributed by atoms with E-state index in [4.69, 9.17) is 4.74 Å². The van der Waals surface area contributed by atoms with E-state index in [1.54, 1.807) is 7.11 Å². The Morgan fingerprint density at radius 1 is 1.63 bits per heavy atom. The summed E-state index contributed by atoms with van der Waals surface area (Å²) in [6.45, 7) is 4.50. The number of hydrogen-bond acceptors (Lipinski definition) is 5. The number of ketones is 1. The molecule has 5 nitrogen and oxygen atoms in total. The topological polar surface area (TPSA) is 73.6 Å². The number of carbonyl (C=O) groups is 1. The zero-order chi connectivity index (χ0) is 14.3. The Morgan fingerprint density at radius 2 is 2.32 bits per heavy atom. The Balaban J connectivity index is 2.40. The van der Waals surface area contributed by atoms with Crippen LogP contribution in [0.3, 0.4) is 0 Å². The molecular formula is C14H22N2O3. The zero-order valence-corrected chi connectivity index (χ0v) is 11.8. The van der Waals surface area contributed by atoms with Crippen LogP contribution in [0.4, 0.5) is 0 Å². The molecule has 0 spiro atoms. The van der Waals surface area contributed by atoms with Crippen LogP contribution in [-0.4, -0.2) is 54.2 Å². The molecule has 19 heavy (non-hydrogen) atoms. The highest BCUT2D eigenvalue weighted by molar-refractivity contribution is 5.92. The molecule has 1 N–H and O–H groups in total. The van der Waals surface area contributed by atoms with Crippen LogP contribution in [0.5, 0.6) is 0 Å². The number of aliphatic hydroxyl groups is 1. The lowest BCUT2D eigenvalue weighted by molar-refractivity contribution is -0.171. The van der Waals surface area contributed by atoms with Gasteiger partial charge < -0.3 is 9.84 Å². The van der Waals surface area contributed by atoms with Crippen molar-refractivity contribution in [1.82, 2.24) is 4.90 Å². The van der Waals surface area contributed by atoms with Gasteiger partial charge in [-0.3, -0.25) is 9.69 Å². The summed E-state index contributed by atoms with van der Waals surface area (Å²) in [5.41, 5.74) is -1.48. The number of hydrogen-bond donors (Lipinski definition) is 1. The van der Waals surface area contributed by atoms with Crippen molar-refractivity contribution >= 4 is 5.78 Å². The Morgan fingerprint density at radius 3 is 2.84 bits per heavy atom. The molecule has 3 aliphatic heterocycles. The molecular weight excluding hydrogens is 244 g/mol. The molecule has 2 bridgehead atoms. The highest BCUT2D eigenvalue weighted by Gasteiger charge is 2.59. The largest absolute Gasteiger partial charge is 0.394 e. The average Bonchev–Trinajstić information content (AvgIpc) is 2.43. The minimum atomic E-state index is -0.950. The number of methoxy groups -OCH3 is 1. The molecule has 3 heterocycles. The SMILES string of the molecule is COCC1(CO)C(=O)C2CCN1C(C(C)(C)C#N)C2. The first-order valence-electron chi connectivity index (χ1n) is 6.75. The molecule has 3 saturated heterocycles. The van der Waals surface area contributed by atoms with Crippen LogP contribution in [-0.2, 0) is 9.53 Å². The van der Waals surface area contributed by atoms with Crippen LogP contribution in [0.25, 0.3) is 0 Å². The normalized spacial score (nSPS) is 38.3. The Hall–Kier alpha value is -0.960. The van der Waals surface area contributed by atoms with E-state index in [0.717, 1.165) is 13.0 Å². The first-order valence-corrected chi connectivity index (χ1v) is 6.75. The third kappa shape index (κ3) is 1.99. The maximum atomic E-state index is 12.5. The van der Waals surface area contributed by atoms with Gasteiger partial charge in [-0.05, 0) is 26.7 Å². The predicted molar refractivity (Wildman–Crippen MR) is 69.3 cm³/mol. The monoisotopic (exact) mass is 266 g/mol. The van der Waals surface area contributed by atoms with E-state index in [0.29, 0.717) is 6.42 Å². The van der Waals surface area contributed by atoms with Gasteiger partial charge >= 0.3 is 0 Å². The molecule has 3 aliphatic rings. The molecule has 5 heteroatoms. The highest BCUT2D eigenvalue weighted by atomic mass is 16.5. The van der Waals surface area contributed by atoms with Gasteiger partial charge in [0.1, 0.15) is 5.54 Å². The third-order valence-corrected chi connectivity index (χ3v) is 4.75. The molecule has 4 atom stereocenters. The number of nitriles is 1. The van der Waals surface area contributed by atoms with E-state index in [9.17, 15) is 15.2 Å². The third-order valence-electron chi connectivity index (χ3n) is 4.75. The maximum absolute atomic E-state index is 12.5. The molecule has 3 fully saturated rings. The first kappa shape index (κ1) is 14.4. The number of aliphatic hydroxyl groups excluding tert-OH is 1. The average molecular weight is 266 g/mol. The van der Waals surface area contributed by atoms with Gasteiger partial charge in [0.2, 0.25) is 0 Å². The number of nitrogens with zero attached hydrogens (tertiary/aromatic N) is 2. The molecule has 0 amide bonds. The molecule has 0 aromatic heterocycles. The molecule has 3 rings (SSSR count). The summed E-state index contributed by atoms with van der Waals surface area (Å²) in [7, 11) is 1.54. The fraction of sp³-hybridized carbons (Fsp3) is 0.857. The molecule has 0 aromatic rings. The van der Waals surface area contributed by atoms with Crippen LogP contribution in [0, 0.1) is 22.7 Å². The van der Waals surface area contributed by atoms with Crippen molar-refractivity contribution in [2.45, 2.75) is 38.3 Å². The highest BCUT2D eigenvalue weighted by Crippen LogP contribution is 2.45. The molecule has 0 aliphatic carbocycles. The number of Topliss-reactive ketones (excluding diaryl/α,β-unsaturated/α-hetero) is 1. The zero-order valence-electron chi connectivity index (χ0n) is 11.8. The van der Waals surface area contributed by atoms with E-state index in [-0.39, 0.29) is 31.0 Å². The molecule has 106 valence electrons. The predicted octanol–water partition coefficient (Wildman–Crippen LogP) is 0.577. The van der Waals surface area contributed by atoms with Crippen molar-refractivity contribution in [3.05, 3.63) is 0 Å². The van der Waals surface area contributed by atoms with Crippen LogP contribution in [0.15, 0.2) is 0 Å². The van der Waals surface area contributed by atoms with E-state index >= 15 is 0 Å². The minimum Gasteiger partial charge on any atom is -0.394 e. The molecule has 0 aromatic carbocycles. The smallest absolute Gasteiger partial charge is 0.161 e. The van der Waals surface area contributed by atoms with Gasteiger partial charge in [-0.2, -0.15) is 5.26 Å². The van der Waals surface area contributed by atoms with Gasteiger partial charge in [-0.1, -0.05) is 0 Å². The summed E-state index contributed by atoms with van der Waals surface area (Å²) in [4.78, 5) is 14.5. The van der Waals surface area contributed by atoms with Gasteiger partial charge in [-0.15, -0.1) is 0 Å². The Bertz CT molecular complexity index is 415. The number of fused-ring (bicyclic) bond motifs is 3. The second-order valence-corrected chi connectivity index (χ2v) is 6.25. The molecule has 4 unspecified atom stereocenters. The van der Waals surface area contributed by atoms with Gasteiger partial charge in [0.25, 0.3) is 0 Å². The van der Waals surface area contributed by atoms with Gasteiger partial charge in [0, 0.05) is 25.6 Å². The van der Waals surface area contributed by atoms with E-state index in [1.807, 2.05) is 18.7 Å². The lowest BCUT2D eigenvalue weighted by Crippen LogP contribution is -2.73.